The summed E-state index contributed by atoms with van der Waals surface area (Å²) in [6, 6.07) is 6.63. The number of carbonyl (C=O) groups is 1. The second kappa shape index (κ2) is 6.49. The minimum atomic E-state index is -0.852. The van der Waals surface area contributed by atoms with Crippen molar-refractivity contribution in [3.8, 4) is 5.75 Å². The summed E-state index contributed by atoms with van der Waals surface area (Å²) < 4.78 is 1.36. The fourth-order valence-electron chi connectivity index (χ4n) is 6.30. The molecule has 7 nitrogen and oxygen atoms in total. The SMILES string of the molecule is O=C(O)C1C2CC3CC(C2)CC1(n1ncc(Nc2ccccc2O)c(Cl)c1=O)C3. The Hall–Kier alpha value is -2.54. The van der Waals surface area contributed by atoms with Gasteiger partial charge in [-0.2, -0.15) is 5.10 Å². The van der Waals surface area contributed by atoms with Gasteiger partial charge in [-0.3, -0.25) is 9.59 Å². The smallest absolute Gasteiger partial charge is 0.309 e. The molecule has 1 heterocycles. The summed E-state index contributed by atoms with van der Waals surface area (Å²) in [6.45, 7) is 0. The number of rotatable bonds is 4. The summed E-state index contributed by atoms with van der Waals surface area (Å²) in [5.41, 5.74) is -0.604. The average molecular weight is 416 g/mol. The lowest BCUT2D eigenvalue weighted by atomic mass is 9.48. The maximum Gasteiger partial charge on any atom is 0.309 e. The van der Waals surface area contributed by atoms with Crippen molar-refractivity contribution < 1.29 is 15.0 Å². The van der Waals surface area contributed by atoms with Gasteiger partial charge in [0.2, 0.25) is 0 Å². The van der Waals surface area contributed by atoms with Crippen LogP contribution in [0.25, 0.3) is 0 Å². The molecule has 1 aromatic carbocycles. The highest BCUT2D eigenvalue weighted by atomic mass is 35.5. The normalized spacial score (nSPS) is 32.3. The number of phenols is 1. The number of hydrogen-bond donors (Lipinski definition) is 3. The molecule has 0 radical (unpaired) electrons. The van der Waals surface area contributed by atoms with Gasteiger partial charge in [0.05, 0.1) is 29.0 Å². The van der Waals surface area contributed by atoms with E-state index in [2.05, 4.69) is 10.4 Å². The number of benzene rings is 1. The zero-order chi connectivity index (χ0) is 20.3. The molecule has 2 aromatic rings. The molecule has 3 atom stereocenters. The number of nitrogens with zero attached hydrogens (tertiary/aromatic N) is 2. The number of anilines is 2. The first-order valence-corrected chi connectivity index (χ1v) is 10.3. The van der Waals surface area contributed by atoms with E-state index in [1.165, 1.54) is 16.9 Å². The number of hydrogen-bond acceptors (Lipinski definition) is 5. The van der Waals surface area contributed by atoms with E-state index in [9.17, 15) is 19.8 Å². The van der Waals surface area contributed by atoms with Crippen molar-refractivity contribution in [1.82, 2.24) is 9.78 Å². The quantitative estimate of drug-likeness (QED) is 0.659. The van der Waals surface area contributed by atoms with Gasteiger partial charge in [0.1, 0.15) is 10.8 Å². The third kappa shape index (κ3) is 2.74. The molecule has 4 aliphatic rings. The predicted octanol–water partition coefficient (Wildman–Crippen LogP) is 3.58. The number of aromatic nitrogens is 2. The summed E-state index contributed by atoms with van der Waals surface area (Å²) in [5, 5.41) is 27.2. The summed E-state index contributed by atoms with van der Waals surface area (Å²) in [4.78, 5) is 25.4. The van der Waals surface area contributed by atoms with Crippen molar-refractivity contribution in [3.63, 3.8) is 0 Å². The van der Waals surface area contributed by atoms with Crippen LogP contribution in [0.2, 0.25) is 5.02 Å². The second-order valence-corrected chi connectivity index (χ2v) is 9.14. The van der Waals surface area contributed by atoms with Crippen LogP contribution in [0.3, 0.4) is 0 Å². The Morgan fingerprint density at radius 2 is 1.86 bits per heavy atom. The summed E-state index contributed by atoms with van der Waals surface area (Å²) in [5.74, 6) is -0.474. The van der Waals surface area contributed by atoms with E-state index in [-0.39, 0.29) is 22.4 Å². The first-order chi connectivity index (χ1) is 13.9. The molecule has 4 fully saturated rings. The van der Waals surface area contributed by atoms with Crippen LogP contribution in [0.4, 0.5) is 11.4 Å². The van der Waals surface area contributed by atoms with Crippen molar-refractivity contribution >= 4 is 28.9 Å². The summed E-state index contributed by atoms with van der Waals surface area (Å²) in [7, 11) is 0. The van der Waals surface area contributed by atoms with Gasteiger partial charge in [-0.1, -0.05) is 23.7 Å². The number of carboxylic acids is 1. The molecule has 1 aromatic heterocycles. The highest BCUT2D eigenvalue weighted by Gasteiger charge is 2.61. The van der Waals surface area contributed by atoms with E-state index in [1.54, 1.807) is 18.2 Å². The van der Waals surface area contributed by atoms with E-state index in [4.69, 9.17) is 11.6 Å². The fourth-order valence-corrected chi connectivity index (χ4v) is 6.47. The summed E-state index contributed by atoms with van der Waals surface area (Å²) in [6.07, 6.45) is 5.72. The monoisotopic (exact) mass is 415 g/mol. The molecular formula is C21H22ClN3O4. The highest BCUT2D eigenvalue weighted by Crippen LogP contribution is 2.61. The first kappa shape index (κ1) is 18.5. The van der Waals surface area contributed by atoms with Gasteiger partial charge in [-0.15, -0.1) is 0 Å². The van der Waals surface area contributed by atoms with Crippen LogP contribution in [0.15, 0.2) is 35.3 Å². The third-order valence-electron chi connectivity index (χ3n) is 7.05. The Bertz CT molecular complexity index is 1040. The number of phenolic OH excluding ortho intramolecular Hbond substituents is 1. The van der Waals surface area contributed by atoms with Gasteiger partial charge in [0.25, 0.3) is 5.56 Å². The molecule has 6 rings (SSSR count). The Kier molecular flexibility index (Phi) is 4.13. The maximum absolute atomic E-state index is 13.2. The number of aromatic hydroxyl groups is 1. The molecule has 152 valence electrons. The molecule has 3 N–H and O–H groups in total. The fraction of sp³-hybridized carbons (Fsp3) is 0.476. The lowest BCUT2D eigenvalue weighted by Crippen LogP contribution is -2.63. The average Bonchev–Trinajstić information content (AvgIpc) is 2.66. The minimum Gasteiger partial charge on any atom is -0.506 e. The molecule has 3 unspecified atom stereocenters. The van der Waals surface area contributed by atoms with Crippen molar-refractivity contribution in [1.29, 1.82) is 0 Å². The molecule has 29 heavy (non-hydrogen) atoms. The molecule has 8 heteroatoms. The topological polar surface area (TPSA) is 104 Å². The molecular weight excluding hydrogens is 394 g/mol. The maximum atomic E-state index is 13.2. The Balaban J connectivity index is 1.58. The largest absolute Gasteiger partial charge is 0.506 e. The number of para-hydroxylation sites is 2. The summed E-state index contributed by atoms with van der Waals surface area (Å²) >= 11 is 6.40. The molecule has 0 spiro atoms. The predicted molar refractivity (Wildman–Crippen MR) is 108 cm³/mol. The van der Waals surface area contributed by atoms with Crippen molar-refractivity contribution in [2.75, 3.05) is 5.32 Å². The molecule has 0 amide bonds. The van der Waals surface area contributed by atoms with Crippen LogP contribution in [0, 0.1) is 23.7 Å². The number of aliphatic carboxylic acids is 1. The van der Waals surface area contributed by atoms with Gasteiger partial charge in [0, 0.05) is 0 Å². The van der Waals surface area contributed by atoms with Crippen LogP contribution in [0.5, 0.6) is 5.75 Å². The number of halogens is 1. The van der Waals surface area contributed by atoms with E-state index < -0.39 is 23.0 Å². The Morgan fingerprint density at radius 3 is 2.52 bits per heavy atom. The van der Waals surface area contributed by atoms with E-state index >= 15 is 0 Å². The van der Waals surface area contributed by atoms with Crippen molar-refractivity contribution in [2.45, 2.75) is 37.6 Å². The second-order valence-electron chi connectivity index (χ2n) is 8.76. The number of carboxylic acid groups (broad SMARTS) is 1. The molecule has 4 saturated carbocycles. The van der Waals surface area contributed by atoms with Gasteiger partial charge in [0.15, 0.2) is 0 Å². The van der Waals surface area contributed by atoms with Crippen molar-refractivity contribution in [3.05, 3.63) is 45.8 Å². The van der Waals surface area contributed by atoms with Gasteiger partial charge in [-0.25, -0.2) is 4.68 Å². The standard InChI is InChI=1S/C21H22ClN3O4/c22-18-15(24-14-3-1-2-4-16(14)26)10-23-25(19(18)27)21-8-11-5-12(9-21)7-13(6-11)17(21)20(28)29/h1-4,10-13,17,24,26H,5-9H2,(H,28,29). The molecule has 4 bridgehead atoms. The van der Waals surface area contributed by atoms with Crippen LogP contribution >= 0.6 is 11.6 Å². The van der Waals surface area contributed by atoms with E-state index in [0.29, 0.717) is 30.4 Å². The van der Waals surface area contributed by atoms with Crippen LogP contribution in [-0.4, -0.2) is 26.0 Å². The molecule has 4 aliphatic carbocycles. The van der Waals surface area contributed by atoms with E-state index in [0.717, 1.165) is 19.3 Å². The van der Waals surface area contributed by atoms with Gasteiger partial charge in [-0.05, 0) is 62.0 Å². The first-order valence-electron chi connectivity index (χ1n) is 9.95. The van der Waals surface area contributed by atoms with Crippen molar-refractivity contribution in [2.24, 2.45) is 23.7 Å². The lowest BCUT2D eigenvalue weighted by molar-refractivity contribution is -0.168. The van der Waals surface area contributed by atoms with Crippen LogP contribution in [-0.2, 0) is 10.3 Å². The third-order valence-corrected chi connectivity index (χ3v) is 7.42. The Morgan fingerprint density at radius 1 is 1.17 bits per heavy atom. The van der Waals surface area contributed by atoms with Crippen LogP contribution in [0.1, 0.15) is 32.1 Å². The van der Waals surface area contributed by atoms with Gasteiger partial charge >= 0.3 is 5.97 Å². The molecule has 0 aliphatic heterocycles. The zero-order valence-corrected chi connectivity index (χ0v) is 16.5. The highest BCUT2D eigenvalue weighted by molar-refractivity contribution is 6.33. The minimum absolute atomic E-state index is 0.0276. The van der Waals surface area contributed by atoms with Gasteiger partial charge < -0.3 is 15.5 Å². The Labute approximate surface area is 172 Å². The van der Waals surface area contributed by atoms with Crippen LogP contribution < -0.4 is 10.9 Å². The molecule has 0 saturated heterocycles. The number of nitrogens with one attached hydrogen (secondary N) is 1. The van der Waals surface area contributed by atoms with E-state index in [1.807, 2.05) is 0 Å². The lowest BCUT2D eigenvalue weighted by Gasteiger charge is -2.59. The zero-order valence-electron chi connectivity index (χ0n) is 15.7.